The molecule has 6 nitrogen and oxygen atoms in total. The van der Waals surface area contributed by atoms with Crippen molar-refractivity contribution in [1.29, 1.82) is 0 Å². The zero-order chi connectivity index (χ0) is 22.0. The van der Waals surface area contributed by atoms with Crippen molar-refractivity contribution in [2.45, 2.75) is 13.1 Å². The van der Waals surface area contributed by atoms with E-state index < -0.39 is 11.9 Å². The number of pyridine rings is 1. The molecule has 32 heavy (non-hydrogen) atoms. The molecule has 0 N–H and O–H groups in total. The van der Waals surface area contributed by atoms with Crippen molar-refractivity contribution in [3.8, 4) is 17.1 Å². The number of fused-ring (bicyclic) bond motifs is 5. The number of rotatable bonds is 2. The summed E-state index contributed by atoms with van der Waals surface area (Å²) in [5.41, 5.74) is 2.42. The van der Waals surface area contributed by atoms with Gasteiger partial charge in [-0.1, -0.05) is 12.1 Å². The monoisotopic (exact) mass is 450 g/mol. The summed E-state index contributed by atoms with van der Waals surface area (Å²) in [6, 6.07) is 12.7. The summed E-state index contributed by atoms with van der Waals surface area (Å²) in [7, 11) is 0. The van der Waals surface area contributed by atoms with Crippen molar-refractivity contribution in [1.82, 2.24) is 29.1 Å². The quantitative estimate of drug-likeness (QED) is 0.341. The van der Waals surface area contributed by atoms with E-state index in [1.165, 1.54) is 6.33 Å². The molecule has 0 radical (unpaired) electrons. The number of aryl methyl sites for hydroxylation is 1. The van der Waals surface area contributed by atoms with E-state index in [4.69, 9.17) is 4.98 Å². The number of halogens is 3. The number of benzene rings is 1. The zero-order valence-electron chi connectivity index (χ0n) is 16.5. The number of nitrogens with zero attached hydrogens (tertiary/aromatic N) is 6. The standard InChI is InChI=1S/C22H13F3N6S/c1-12-10-15(22(23,24)25)27-21-16(12)17-18(32-21)20-28-19(29-31(20)11-26-17)13-6-2-3-7-14(13)30-8-4-5-9-30/h2-11H,1H3. The van der Waals surface area contributed by atoms with Gasteiger partial charge in [-0.3, -0.25) is 0 Å². The van der Waals surface area contributed by atoms with Crippen molar-refractivity contribution in [3.05, 3.63) is 72.4 Å². The van der Waals surface area contributed by atoms with Gasteiger partial charge in [0.25, 0.3) is 0 Å². The molecule has 0 aliphatic heterocycles. The lowest BCUT2D eigenvalue weighted by molar-refractivity contribution is -0.141. The molecule has 1 aromatic carbocycles. The molecule has 0 aliphatic carbocycles. The lowest BCUT2D eigenvalue weighted by Gasteiger charge is -2.07. The summed E-state index contributed by atoms with van der Waals surface area (Å²) >= 11 is 1.14. The van der Waals surface area contributed by atoms with Crippen LogP contribution < -0.4 is 0 Å². The van der Waals surface area contributed by atoms with E-state index in [1.54, 1.807) is 11.4 Å². The van der Waals surface area contributed by atoms with Crippen LogP contribution >= 0.6 is 11.3 Å². The van der Waals surface area contributed by atoms with Gasteiger partial charge in [0, 0.05) is 23.3 Å². The summed E-state index contributed by atoms with van der Waals surface area (Å²) in [5.74, 6) is 0.502. The van der Waals surface area contributed by atoms with E-state index in [0.717, 1.165) is 28.7 Å². The third-order valence-corrected chi connectivity index (χ3v) is 6.35. The van der Waals surface area contributed by atoms with Crippen LogP contribution in [0.25, 0.3) is 43.2 Å². The summed E-state index contributed by atoms with van der Waals surface area (Å²) in [6.07, 6.45) is 0.901. The molecule has 0 bridgehead atoms. The zero-order valence-corrected chi connectivity index (χ0v) is 17.3. The first-order valence-electron chi connectivity index (χ1n) is 9.65. The molecule has 0 atom stereocenters. The molecule has 0 saturated heterocycles. The molecular weight excluding hydrogens is 437 g/mol. The maximum atomic E-state index is 13.2. The molecule has 158 valence electrons. The van der Waals surface area contributed by atoms with Gasteiger partial charge >= 0.3 is 6.18 Å². The highest BCUT2D eigenvalue weighted by Gasteiger charge is 2.33. The molecule has 0 unspecified atom stereocenters. The van der Waals surface area contributed by atoms with Gasteiger partial charge < -0.3 is 4.57 Å². The lowest BCUT2D eigenvalue weighted by atomic mass is 10.1. The first-order chi connectivity index (χ1) is 15.4. The Morgan fingerprint density at radius 2 is 1.78 bits per heavy atom. The van der Waals surface area contributed by atoms with Crippen molar-refractivity contribution in [3.63, 3.8) is 0 Å². The van der Waals surface area contributed by atoms with Gasteiger partial charge in [-0.05, 0) is 42.8 Å². The molecule has 0 fully saturated rings. The number of hydrogen-bond donors (Lipinski definition) is 0. The number of alkyl halides is 3. The van der Waals surface area contributed by atoms with Crippen molar-refractivity contribution in [2.24, 2.45) is 0 Å². The Hall–Kier alpha value is -3.79. The molecule has 10 heteroatoms. The predicted octanol–water partition coefficient (Wildman–Crippen LogP) is 5.67. The van der Waals surface area contributed by atoms with Gasteiger partial charge in [-0.2, -0.15) is 13.2 Å². The maximum absolute atomic E-state index is 13.2. The Kier molecular flexibility index (Phi) is 3.91. The van der Waals surface area contributed by atoms with Crippen LogP contribution in [0.2, 0.25) is 0 Å². The smallest absolute Gasteiger partial charge is 0.323 e. The lowest BCUT2D eigenvalue weighted by Crippen LogP contribution is -2.07. The second-order valence-electron chi connectivity index (χ2n) is 7.34. The molecule has 5 heterocycles. The molecule has 6 rings (SSSR count). The van der Waals surface area contributed by atoms with Crippen LogP contribution in [0.15, 0.2) is 61.2 Å². The minimum atomic E-state index is -4.51. The van der Waals surface area contributed by atoms with Gasteiger partial charge in [-0.25, -0.2) is 19.5 Å². The molecule has 0 aliphatic rings. The SMILES string of the molecule is Cc1cc(C(F)(F)F)nc2sc3c(ncn4nc(-c5ccccc5-n5cccc5)nc34)c12. The summed E-state index contributed by atoms with van der Waals surface area (Å²) < 4.78 is 43.9. The predicted molar refractivity (Wildman–Crippen MR) is 116 cm³/mol. The van der Waals surface area contributed by atoms with Crippen LogP contribution in [0.5, 0.6) is 0 Å². The highest BCUT2D eigenvalue weighted by molar-refractivity contribution is 7.26. The van der Waals surface area contributed by atoms with E-state index in [9.17, 15) is 13.2 Å². The Bertz CT molecular complexity index is 1630. The van der Waals surface area contributed by atoms with Crippen molar-refractivity contribution < 1.29 is 13.2 Å². The first-order valence-corrected chi connectivity index (χ1v) is 10.5. The van der Waals surface area contributed by atoms with E-state index in [1.807, 2.05) is 53.4 Å². The van der Waals surface area contributed by atoms with Gasteiger partial charge in [0.05, 0.1) is 11.2 Å². The van der Waals surface area contributed by atoms with Crippen LogP contribution in [0, 0.1) is 6.92 Å². The second kappa shape index (κ2) is 6.60. The van der Waals surface area contributed by atoms with Gasteiger partial charge in [0.2, 0.25) is 0 Å². The number of aromatic nitrogens is 6. The third-order valence-electron chi connectivity index (χ3n) is 5.28. The van der Waals surface area contributed by atoms with Crippen molar-refractivity contribution >= 4 is 37.4 Å². The molecule has 6 aromatic rings. The highest BCUT2D eigenvalue weighted by Crippen LogP contribution is 2.39. The Morgan fingerprint density at radius 1 is 1.00 bits per heavy atom. The fraction of sp³-hybridized carbons (Fsp3) is 0.0909. The number of thiophene rings is 1. The topological polar surface area (TPSA) is 60.9 Å². The average Bonchev–Trinajstić information content (AvgIpc) is 3.50. The summed E-state index contributed by atoms with van der Waals surface area (Å²) in [4.78, 5) is 13.4. The number of hydrogen-bond acceptors (Lipinski definition) is 5. The van der Waals surface area contributed by atoms with Crippen LogP contribution in [0.4, 0.5) is 13.2 Å². The van der Waals surface area contributed by atoms with Crippen LogP contribution in [0.1, 0.15) is 11.3 Å². The van der Waals surface area contributed by atoms with Crippen LogP contribution in [-0.4, -0.2) is 29.1 Å². The van der Waals surface area contributed by atoms with Crippen LogP contribution in [-0.2, 0) is 6.18 Å². The largest absolute Gasteiger partial charge is 0.433 e. The van der Waals surface area contributed by atoms with Gasteiger partial charge in [0.15, 0.2) is 11.5 Å². The summed E-state index contributed by atoms with van der Waals surface area (Å²) in [5, 5.41) is 5.20. The maximum Gasteiger partial charge on any atom is 0.433 e. The highest BCUT2D eigenvalue weighted by atomic mass is 32.1. The van der Waals surface area contributed by atoms with E-state index >= 15 is 0 Å². The molecule has 0 amide bonds. The first kappa shape index (κ1) is 18.9. The minimum Gasteiger partial charge on any atom is -0.323 e. The van der Waals surface area contributed by atoms with Gasteiger partial charge in [0.1, 0.15) is 21.6 Å². The van der Waals surface area contributed by atoms with Crippen molar-refractivity contribution in [2.75, 3.05) is 0 Å². The van der Waals surface area contributed by atoms with E-state index in [-0.39, 0.29) is 4.83 Å². The molecule has 0 spiro atoms. The van der Waals surface area contributed by atoms with Crippen LogP contribution in [0.3, 0.4) is 0 Å². The number of para-hydroxylation sites is 1. The van der Waals surface area contributed by atoms with Gasteiger partial charge in [-0.15, -0.1) is 16.4 Å². The Morgan fingerprint density at radius 3 is 2.56 bits per heavy atom. The normalized spacial score (nSPS) is 12.4. The fourth-order valence-corrected chi connectivity index (χ4v) is 5.03. The molecule has 0 saturated carbocycles. The summed E-state index contributed by atoms with van der Waals surface area (Å²) in [6.45, 7) is 1.64. The Balaban J connectivity index is 1.60. The average molecular weight is 450 g/mol. The Labute approximate surface area is 182 Å². The van der Waals surface area contributed by atoms with E-state index in [0.29, 0.717) is 32.6 Å². The molecular formula is C22H13F3N6S. The van der Waals surface area contributed by atoms with E-state index in [2.05, 4.69) is 15.1 Å². The second-order valence-corrected chi connectivity index (χ2v) is 8.34. The fourth-order valence-electron chi connectivity index (χ4n) is 3.85. The molecule has 5 aromatic heterocycles. The minimum absolute atomic E-state index is 0.283. The third kappa shape index (κ3) is 2.79.